The van der Waals surface area contributed by atoms with Crippen LogP contribution in [-0.2, 0) is 19.3 Å². The van der Waals surface area contributed by atoms with Crippen molar-refractivity contribution in [1.29, 1.82) is 0 Å². The van der Waals surface area contributed by atoms with E-state index in [2.05, 4.69) is 55.6 Å². The van der Waals surface area contributed by atoms with Gasteiger partial charge in [-0.3, -0.25) is 0 Å². The topological polar surface area (TPSA) is 12.0 Å². The maximum Gasteiger partial charge on any atom is 0.0375 e. The molecule has 4 rings (SSSR count). The van der Waals surface area contributed by atoms with Gasteiger partial charge in [0.1, 0.15) is 0 Å². The molecule has 0 aromatic heterocycles. The van der Waals surface area contributed by atoms with Crippen LogP contribution < -0.4 is 5.32 Å². The summed E-state index contributed by atoms with van der Waals surface area (Å²) >= 11 is 0. The molecule has 2 atom stereocenters. The molecule has 0 spiro atoms. The number of hydrogen-bond donors (Lipinski definition) is 1. The Morgan fingerprint density at radius 3 is 2.96 bits per heavy atom. The van der Waals surface area contributed by atoms with Crippen molar-refractivity contribution in [2.24, 2.45) is 0 Å². The molecule has 0 amide bonds. The summed E-state index contributed by atoms with van der Waals surface area (Å²) in [6.07, 6.45) is 7.56. The van der Waals surface area contributed by atoms with E-state index >= 15 is 0 Å². The summed E-state index contributed by atoms with van der Waals surface area (Å²) in [5.41, 5.74) is 9.22. The van der Waals surface area contributed by atoms with Crippen LogP contribution in [0.3, 0.4) is 0 Å². The number of aryl methyl sites for hydroxylation is 1. The van der Waals surface area contributed by atoms with E-state index in [1.165, 1.54) is 55.3 Å². The molecule has 0 saturated carbocycles. The first-order valence-corrected chi connectivity index (χ1v) is 9.73. The van der Waals surface area contributed by atoms with Crippen molar-refractivity contribution in [3.8, 4) is 0 Å². The maximum absolute atomic E-state index is 3.58. The Bertz CT molecular complexity index is 731. The van der Waals surface area contributed by atoms with Crippen LogP contribution in [0.4, 0.5) is 5.69 Å². The molecule has 1 aliphatic carbocycles. The van der Waals surface area contributed by atoms with Crippen LogP contribution in [0.25, 0.3) is 0 Å². The van der Waals surface area contributed by atoms with E-state index < -0.39 is 0 Å². The third-order valence-corrected chi connectivity index (χ3v) is 6.15. The molecule has 0 radical (unpaired) electrons. The summed E-state index contributed by atoms with van der Waals surface area (Å²) in [5, 5.41) is 3.58. The predicted molar refractivity (Wildman–Crippen MR) is 103 cm³/mol. The molecule has 0 saturated heterocycles. The molecule has 1 aliphatic heterocycles. The molecule has 2 aromatic rings. The van der Waals surface area contributed by atoms with E-state index in [1.54, 1.807) is 16.7 Å². The second-order valence-electron chi connectivity index (χ2n) is 7.68. The highest BCUT2D eigenvalue weighted by molar-refractivity contribution is 5.55. The summed E-state index contributed by atoms with van der Waals surface area (Å²) in [7, 11) is 0. The van der Waals surface area contributed by atoms with Crippen molar-refractivity contribution in [2.45, 2.75) is 64.2 Å². The van der Waals surface area contributed by atoms with Crippen molar-refractivity contribution in [1.82, 2.24) is 0 Å². The second kappa shape index (κ2) is 6.63. The first-order chi connectivity index (χ1) is 11.8. The number of benzene rings is 2. The van der Waals surface area contributed by atoms with Crippen LogP contribution in [0.1, 0.15) is 72.8 Å². The van der Waals surface area contributed by atoms with Gasteiger partial charge in [-0.05, 0) is 84.2 Å². The quantitative estimate of drug-likeness (QED) is 0.747. The molecule has 24 heavy (non-hydrogen) atoms. The van der Waals surface area contributed by atoms with Crippen LogP contribution in [0.5, 0.6) is 0 Å². The lowest BCUT2D eigenvalue weighted by molar-refractivity contribution is 0.656. The second-order valence-corrected chi connectivity index (χ2v) is 7.68. The normalized spacial score (nSPS) is 20.2. The fraction of sp³-hybridized carbons (Fsp3) is 0.478. The Hall–Kier alpha value is -1.76. The first kappa shape index (κ1) is 15.7. The smallest absolute Gasteiger partial charge is 0.0375 e. The van der Waals surface area contributed by atoms with Crippen LogP contribution in [0, 0.1) is 0 Å². The molecule has 0 fully saturated rings. The molecule has 1 heterocycles. The SMILES string of the molecule is CCC1CCc2c(CC(C)c3ccc4c(c3)NCCC4)cccc21. The van der Waals surface area contributed by atoms with Crippen LogP contribution in [-0.4, -0.2) is 6.54 Å². The molecule has 1 nitrogen and oxygen atoms in total. The van der Waals surface area contributed by atoms with Gasteiger partial charge in [0.05, 0.1) is 0 Å². The van der Waals surface area contributed by atoms with Gasteiger partial charge >= 0.3 is 0 Å². The molecular formula is C23H29N. The highest BCUT2D eigenvalue weighted by Gasteiger charge is 2.23. The molecule has 2 unspecified atom stereocenters. The van der Waals surface area contributed by atoms with E-state index in [9.17, 15) is 0 Å². The summed E-state index contributed by atoms with van der Waals surface area (Å²) < 4.78 is 0. The summed E-state index contributed by atoms with van der Waals surface area (Å²) in [4.78, 5) is 0. The Kier molecular flexibility index (Phi) is 4.35. The zero-order valence-electron chi connectivity index (χ0n) is 15.1. The highest BCUT2D eigenvalue weighted by Crippen LogP contribution is 2.38. The number of anilines is 1. The number of nitrogens with one attached hydrogen (secondary N) is 1. The van der Waals surface area contributed by atoms with Gasteiger partial charge in [0.15, 0.2) is 0 Å². The molecular weight excluding hydrogens is 290 g/mol. The van der Waals surface area contributed by atoms with Crippen LogP contribution >= 0.6 is 0 Å². The molecule has 1 heteroatoms. The van der Waals surface area contributed by atoms with E-state index in [0.717, 1.165) is 12.5 Å². The lowest BCUT2D eigenvalue weighted by Crippen LogP contribution is -2.12. The Morgan fingerprint density at radius 2 is 2.08 bits per heavy atom. The van der Waals surface area contributed by atoms with Crippen molar-refractivity contribution in [3.63, 3.8) is 0 Å². The number of fused-ring (bicyclic) bond motifs is 2. The fourth-order valence-electron chi connectivity index (χ4n) is 4.66. The third-order valence-electron chi connectivity index (χ3n) is 6.15. The summed E-state index contributed by atoms with van der Waals surface area (Å²) in [5.74, 6) is 1.37. The van der Waals surface area contributed by atoms with Gasteiger partial charge in [0.25, 0.3) is 0 Å². The van der Waals surface area contributed by atoms with Crippen molar-refractivity contribution >= 4 is 5.69 Å². The minimum absolute atomic E-state index is 0.575. The predicted octanol–water partition coefficient (Wildman–Crippen LogP) is 5.83. The van der Waals surface area contributed by atoms with Gasteiger partial charge in [-0.1, -0.05) is 44.2 Å². The Labute approximate surface area is 146 Å². The monoisotopic (exact) mass is 319 g/mol. The standard InChI is InChI=1S/C23H29N/c1-3-17-11-12-22-20(6-4-8-21(17)22)14-16(2)19-10-9-18-7-5-13-24-23(18)15-19/h4,6,8-10,15-17,24H,3,5,7,11-14H2,1-2H3. The number of hydrogen-bond acceptors (Lipinski definition) is 1. The van der Waals surface area contributed by atoms with Crippen LogP contribution in [0.15, 0.2) is 36.4 Å². The molecule has 1 N–H and O–H groups in total. The molecule has 2 aromatic carbocycles. The first-order valence-electron chi connectivity index (χ1n) is 9.73. The van der Waals surface area contributed by atoms with E-state index in [-0.39, 0.29) is 0 Å². The molecule has 0 bridgehead atoms. The average Bonchev–Trinajstić information content (AvgIpc) is 3.05. The molecule has 2 aliphatic rings. The Morgan fingerprint density at radius 1 is 1.17 bits per heavy atom. The zero-order valence-corrected chi connectivity index (χ0v) is 15.1. The minimum Gasteiger partial charge on any atom is -0.385 e. The Balaban J connectivity index is 1.57. The van der Waals surface area contributed by atoms with Crippen molar-refractivity contribution in [3.05, 3.63) is 64.2 Å². The van der Waals surface area contributed by atoms with Crippen molar-refractivity contribution < 1.29 is 0 Å². The average molecular weight is 319 g/mol. The van der Waals surface area contributed by atoms with E-state index in [1.807, 2.05) is 0 Å². The summed E-state index contributed by atoms with van der Waals surface area (Å²) in [6, 6.07) is 14.1. The lowest BCUT2D eigenvalue weighted by atomic mass is 9.88. The van der Waals surface area contributed by atoms with Gasteiger partial charge in [0, 0.05) is 12.2 Å². The van der Waals surface area contributed by atoms with Gasteiger partial charge in [-0.2, -0.15) is 0 Å². The van der Waals surface area contributed by atoms with Gasteiger partial charge in [-0.25, -0.2) is 0 Å². The lowest BCUT2D eigenvalue weighted by Gasteiger charge is -2.21. The van der Waals surface area contributed by atoms with E-state index in [4.69, 9.17) is 0 Å². The minimum atomic E-state index is 0.575. The number of rotatable bonds is 4. The largest absolute Gasteiger partial charge is 0.385 e. The maximum atomic E-state index is 3.58. The van der Waals surface area contributed by atoms with Gasteiger partial charge < -0.3 is 5.32 Å². The third kappa shape index (κ3) is 2.85. The highest BCUT2D eigenvalue weighted by atomic mass is 14.9. The molecule has 126 valence electrons. The van der Waals surface area contributed by atoms with Crippen molar-refractivity contribution in [2.75, 3.05) is 11.9 Å². The van der Waals surface area contributed by atoms with Gasteiger partial charge in [0.2, 0.25) is 0 Å². The fourth-order valence-corrected chi connectivity index (χ4v) is 4.66. The van der Waals surface area contributed by atoms with E-state index in [0.29, 0.717) is 5.92 Å². The van der Waals surface area contributed by atoms with Gasteiger partial charge in [-0.15, -0.1) is 0 Å². The van der Waals surface area contributed by atoms with Crippen LogP contribution in [0.2, 0.25) is 0 Å². The zero-order chi connectivity index (χ0) is 16.5. The summed E-state index contributed by atoms with van der Waals surface area (Å²) in [6.45, 7) is 5.83.